The Bertz CT molecular complexity index is 953. The van der Waals surface area contributed by atoms with Crippen LogP contribution in [-0.4, -0.2) is 32.3 Å². The molecule has 6 nitrogen and oxygen atoms in total. The van der Waals surface area contributed by atoms with Crippen LogP contribution in [0.1, 0.15) is 106 Å². The molecule has 0 fully saturated rings. The average molecular weight is 501 g/mol. The maximum absolute atomic E-state index is 12.5. The highest BCUT2D eigenvalue weighted by molar-refractivity contribution is 7.86. The lowest BCUT2D eigenvalue weighted by molar-refractivity contribution is 0.0761. The van der Waals surface area contributed by atoms with Crippen molar-refractivity contribution in [1.29, 1.82) is 0 Å². The van der Waals surface area contributed by atoms with E-state index < -0.39 is 20.8 Å². The summed E-state index contributed by atoms with van der Waals surface area (Å²) >= 11 is 0. The summed E-state index contributed by atoms with van der Waals surface area (Å²) in [6.07, 6.45) is 3.03. The van der Waals surface area contributed by atoms with Gasteiger partial charge >= 0.3 is 10.1 Å². The highest BCUT2D eigenvalue weighted by atomic mass is 32.2. The molecule has 0 aromatic heterocycles. The molecule has 0 aliphatic carbocycles. The van der Waals surface area contributed by atoms with E-state index in [1.807, 2.05) is 6.92 Å². The molecule has 1 rings (SSSR count). The van der Waals surface area contributed by atoms with Crippen molar-refractivity contribution in [3.63, 3.8) is 0 Å². The van der Waals surface area contributed by atoms with Gasteiger partial charge in [0.2, 0.25) is 0 Å². The van der Waals surface area contributed by atoms with Crippen molar-refractivity contribution < 1.29 is 27.6 Å². The van der Waals surface area contributed by atoms with Gasteiger partial charge in [0.15, 0.2) is 16.4 Å². The number of methoxy groups -OCH3 is 2. The summed E-state index contributed by atoms with van der Waals surface area (Å²) in [4.78, 5) is -0.626. The molecule has 0 aliphatic heterocycles. The van der Waals surface area contributed by atoms with E-state index in [0.29, 0.717) is 17.9 Å². The number of phenols is 1. The molecule has 34 heavy (non-hydrogen) atoms. The van der Waals surface area contributed by atoms with Crippen molar-refractivity contribution in [3.05, 3.63) is 11.1 Å². The molecule has 1 aromatic carbocycles. The Morgan fingerprint density at radius 2 is 1.41 bits per heavy atom. The van der Waals surface area contributed by atoms with Gasteiger partial charge in [-0.15, -0.1) is 0 Å². The van der Waals surface area contributed by atoms with Crippen molar-refractivity contribution in [1.82, 2.24) is 0 Å². The summed E-state index contributed by atoms with van der Waals surface area (Å²) in [5.41, 5.74) is 0.632. The van der Waals surface area contributed by atoms with E-state index in [9.17, 15) is 18.1 Å². The number of hydrogen-bond acceptors (Lipinski definition) is 5. The zero-order chi connectivity index (χ0) is 26.9. The molecule has 0 heterocycles. The minimum absolute atomic E-state index is 0.00135. The van der Waals surface area contributed by atoms with Gasteiger partial charge in [0, 0.05) is 11.1 Å². The number of phenolic OH excluding ortho intramolecular Hbond substituents is 1. The molecule has 1 aromatic rings. The first-order valence-corrected chi connectivity index (χ1v) is 13.7. The molecule has 1 unspecified atom stereocenters. The Morgan fingerprint density at radius 1 is 0.912 bits per heavy atom. The summed E-state index contributed by atoms with van der Waals surface area (Å²) in [7, 11) is -2.03. The molecule has 7 heteroatoms. The minimum Gasteiger partial charge on any atom is -0.506 e. The zero-order valence-corrected chi connectivity index (χ0v) is 24.2. The summed E-state index contributed by atoms with van der Waals surface area (Å²) in [6.45, 7) is 21.7. The topological polar surface area (TPSA) is 93.1 Å². The van der Waals surface area contributed by atoms with Gasteiger partial charge in [0.1, 0.15) is 5.75 Å². The maximum Gasteiger partial charge on any atom is 0.302 e. The summed E-state index contributed by atoms with van der Waals surface area (Å²) in [6, 6.07) is 0. The fraction of sp³-hybridized carbons (Fsp3) is 0.778. The molecule has 0 bridgehead atoms. The fourth-order valence-electron chi connectivity index (χ4n) is 6.66. The van der Waals surface area contributed by atoms with Gasteiger partial charge in [-0.1, -0.05) is 75.7 Å². The first-order valence-electron chi connectivity index (χ1n) is 12.2. The predicted octanol–water partition coefficient (Wildman–Crippen LogP) is 7.23. The lowest BCUT2D eigenvalue weighted by atomic mass is 9.55. The van der Waals surface area contributed by atoms with E-state index in [0.717, 1.165) is 24.8 Å². The summed E-state index contributed by atoms with van der Waals surface area (Å²) in [5, 5.41) is 11.6. The molecule has 2 N–H and O–H groups in total. The van der Waals surface area contributed by atoms with E-state index in [4.69, 9.17) is 9.47 Å². The second-order valence-electron chi connectivity index (χ2n) is 12.6. The van der Waals surface area contributed by atoms with Crippen molar-refractivity contribution >= 4 is 10.1 Å². The quantitative estimate of drug-likeness (QED) is 0.311. The minimum atomic E-state index is -4.80. The number of hydrogen-bond donors (Lipinski definition) is 2. The van der Waals surface area contributed by atoms with Crippen molar-refractivity contribution in [3.8, 4) is 17.2 Å². The monoisotopic (exact) mass is 500 g/mol. The van der Waals surface area contributed by atoms with Crippen LogP contribution in [0.25, 0.3) is 0 Å². The third kappa shape index (κ3) is 6.81. The van der Waals surface area contributed by atoms with E-state index in [1.165, 1.54) is 14.2 Å². The Morgan fingerprint density at radius 3 is 1.76 bits per heavy atom. The van der Waals surface area contributed by atoms with Crippen LogP contribution in [0.4, 0.5) is 0 Å². The predicted molar refractivity (Wildman–Crippen MR) is 139 cm³/mol. The molecular weight excluding hydrogens is 452 g/mol. The zero-order valence-electron chi connectivity index (χ0n) is 23.4. The fourth-order valence-corrected chi connectivity index (χ4v) is 7.43. The second-order valence-corrected chi connectivity index (χ2v) is 14.0. The van der Waals surface area contributed by atoms with Gasteiger partial charge in [0.25, 0.3) is 0 Å². The highest BCUT2D eigenvalue weighted by Crippen LogP contribution is 2.60. The van der Waals surface area contributed by atoms with E-state index in [1.54, 1.807) is 0 Å². The molecular formula is C27H48O6S. The van der Waals surface area contributed by atoms with Crippen LogP contribution in [-0.2, 0) is 16.5 Å². The Hall–Kier alpha value is -1.47. The Balaban J connectivity index is 4.34. The van der Waals surface area contributed by atoms with Gasteiger partial charge in [0.05, 0.1) is 14.2 Å². The van der Waals surface area contributed by atoms with E-state index >= 15 is 0 Å². The SMILES string of the molecule is CCCc1c(OC)c(OC)c(S(=O)(=O)O)c(O)c1C(C(C)(C)CC(C)C)C(C)(C)CC(C)(C)C. The Labute approximate surface area is 208 Å². The third-order valence-corrected chi connectivity index (χ3v) is 7.31. The van der Waals surface area contributed by atoms with E-state index in [2.05, 4.69) is 62.3 Å². The number of aromatic hydroxyl groups is 1. The van der Waals surface area contributed by atoms with E-state index in [-0.39, 0.29) is 33.7 Å². The third-order valence-electron chi connectivity index (χ3n) is 6.42. The van der Waals surface area contributed by atoms with Crippen LogP contribution < -0.4 is 9.47 Å². The van der Waals surface area contributed by atoms with Crippen LogP contribution >= 0.6 is 0 Å². The van der Waals surface area contributed by atoms with Crippen molar-refractivity contribution in [2.45, 2.75) is 106 Å². The summed E-state index contributed by atoms with van der Waals surface area (Å²) < 4.78 is 46.3. The van der Waals surface area contributed by atoms with Gasteiger partial charge in [-0.3, -0.25) is 4.55 Å². The van der Waals surface area contributed by atoms with Crippen molar-refractivity contribution in [2.24, 2.45) is 22.2 Å². The van der Waals surface area contributed by atoms with Gasteiger partial charge in [-0.2, -0.15) is 8.42 Å². The normalized spacial score (nSPS) is 14.4. The molecule has 198 valence electrons. The van der Waals surface area contributed by atoms with Gasteiger partial charge in [-0.25, -0.2) is 0 Å². The van der Waals surface area contributed by atoms with Gasteiger partial charge < -0.3 is 14.6 Å². The van der Waals surface area contributed by atoms with Crippen LogP contribution in [0.3, 0.4) is 0 Å². The van der Waals surface area contributed by atoms with Crippen LogP contribution in [0, 0.1) is 22.2 Å². The lowest BCUT2D eigenvalue weighted by Crippen LogP contribution is -2.38. The smallest absolute Gasteiger partial charge is 0.302 e. The highest BCUT2D eigenvalue weighted by Gasteiger charge is 2.47. The molecule has 0 spiro atoms. The van der Waals surface area contributed by atoms with Crippen LogP contribution in [0.5, 0.6) is 17.2 Å². The van der Waals surface area contributed by atoms with Gasteiger partial charge in [-0.05, 0) is 47.3 Å². The maximum atomic E-state index is 12.5. The second kappa shape index (κ2) is 10.7. The molecule has 0 aliphatic rings. The number of benzene rings is 1. The standard InChI is InChI=1S/C27H48O6S/c1-13-14-18-19(20(28)23(34(29,30)31)22(33-12)21(18)32-11)24(26(7,8)15-17(2)3)27(9,10)16-25(4,5)6/h17,24,28H,13-16H2,1-12H3,(H,29,30,31). The van der Waals surface area contributed by atoms with Crippen LogP contribution in [0.2, 0.25) is 0 Å². The Kier molecular flexibility index (Phi) is 9.57. The van der Waals surface area contributed by atoms with Crippen molar-refractivity contribution in [2.75, 3.05) is 14.2 Å². The molecule has 1 atom stereocenters. The number of rotatable bonds is 11. The first kappa shape index (κ1) is 30.6. The molecule has 0 amide bonds. The molecule has 0 radical (unpaired) electrons. The molecule has 0 saturated carbocycles. The first-order chi connectivity index (χ1) is 15.2. The molecule has 0 saturated heterocycles. The summed E-state index contributed by atoms with van der Waals surface area (Å²) in [5.74, 6) is -0.192. The average Bonchev–Trinajstić information content (AvgIpc) is 2.59. The lowest BCUT2D eigenvalue weighted by Gasteiger charge is -2.49. The number of ether oxygens (including phenoxy) is 2. The van der Waals surface area contributed by atoms with Crippen LogP contribution in [0.15, 0.2) is 4.90 Å². The largest absolute Gasteiger partial charge is 0.506 e.